The monoisotopic (exact) mass is 420 g/mol. The standard InChI is InChI=1S/C24H21ClN2O3/c1-14-7-9-18(11-15(14)2)29-13-23(28)26-20-6-4-5-19(16(20)3)24-27-21-12-17(25)8-10-22(21)30-24/h4-12H,13H2,1-3H3,(H,26,28). The molecular weight excluding hydrogens is 400 g/mol. The summed E-state index contributed by atoms with van der Waals surface area (Å²) in [4.78, 5) is 17.0. The summed E-state index contributed by atoms with van der Waals surface area (Å²) >= 11 is 6.04. The van der Waals surface area contributed by atoms with Crippen molar-refractivity contribution in [2.24, 2.45) is 0 Å². The van der Waals surface area contributed by atoms with Crippen molar-refractivity contribution in [1.29, 1.82) is 0 Å². The average Bonchev–Trinajstić information content (AvgIpc) is 3.13. The molecule has 0 saturated carbocycles. The lowest BCUT2D eigenvalue weighted by Gasteiger charge is -2.12. The van der Waals surface area contributed by atoms with E-state index >= 15 is 0 Å². The van der Waals surface area contributed by atoms with E-state index < -0.39 is 0 Å². The van der Waals surface area contributed by atoms with E-state index in [1.807, 2.05) is 57.2 Å². The molecule has 0 radical (unpaired) electrons. The number of nitrogens with one attached hydrogen (secondary N) is 1. The van der Waals surface area contributed by atoms with Gasteiger partial charge in [-0.05, 0) is 79.9 Å². The molecule has 0 bridgehead atoms. The van der Waals surface area contributed by atoms with Crippen LogP contribution in [0.25, 0.3) is 22.6 Å². The minimum atomic E-state index is -0.238. The number of aryl methyl sites for hydroxylation is 2. The molecule has 0 aliphatic rings. The highest BCUT2D eigenvalue weighted by molar-refractivity contribution is 6.31. The number of rotatable bonds is 5. The SMILES string of the molecule is Cc1ccc(OCC(=O)Nc2cccc(-c3nc4cc(Cl)ccc4o3)c2C)cc1C. The first kappa shape index (κ1) is 20.0. The van der Waals surface area contributed by atoms with Gasteiger partial charge in [0.2, 0.25) is 5.89 Å². The number of carbonyl (C=O) groups excluding carboxylic acids is 1. The van der Waals surface area contributed by atoms with Crippen molar-refractivity contribution in [2.75, 3.05) is 11.9 Å². The third-order valence-electron chi connectivity index (χ3n) is 5.04. The lowest BCUT2D eigenvalue weighted by atomic mass is 10.1. The number of ether oxygens (including phenoxy) is 1. The number of amides is 1. The quantitative estimate of drug-likeness (QED) is 0.424. The number of anilines is 1. The van der Waals surface area contributed by atoms with Gasteiger partial charge in [-0.3, -0.25) is 4.79 Å². The van der Waals surface area contributed by atoms with E-state index in [-0.39, 0.29) is 12.5 Å². The maximum absolute atomic E-state index is 12.4. The Bertz CT molecular complexity index is 1250. The normalized spacial score (nSPS) is 10.9. The van der Waals surface area contributed by atoms with Crippen LogP contribution >= 0.6 is 11.6 Å². The molecule has 30 heavy (non-hydrogen) atoms. The van der Waals surface area contributed by atoms with Gasteiger partial charge in [0.05, 0.1) is 0 Å². The van der Waals surface area contributed by atoms with E-state index in [0.717, 1.165) is 16.7 Å². The third kappa shape index (κ3) is 4.16. The van der Waals surface area contributed by atoms with Gasteiger partial charge in [-0.2, -0.15) is 0 Å². The van der Waals surface area contributed by atoms with Crippen LogP contribution in [0.1, 0.15) is 16.7 Å². The zero-order valence-corrected chi connectivity index (χ0v) is 17.7. The molecule has 4 rings (SSSR count). The van der Waals surface area contributed by atoms with Crippen LogP contribution in [0, 0.1) is 20.8 Å². The third-order valence-corrected chi connectivity index (χ3v) is 5.27. The highest BCUT2D eigenvalue weighted by atomic mass is 35.5. The molecule has 4 aromatic rings. The summed E-state index contributed by atoms with van der Waals surface area (Å²) in [5, 5.41) is 3.51. The highest BCUT2D eigenvalue weighted by Gasteiger charge is 2.14. The number of fused-ring (bicyclic) bond motifs is 1. The molecule has 5 nitrogen and oxygen atoms in total. The Labute approximate surface area is 179 Å². The first-order chi connectivity index (χ1) is 14.4. The van der Waals surface area contributed by atoms with Crippen LogP contribution in [-0.2, 0) is 4.79 Å². The number of nitrogens with zero attached hydrogens (tertiary/aromatic N) is 1. The molecular formula is C24H21ClN2O3. The maximum atomic E-state index is 12.4. The smallest absolute Gasteiger partial charge is 0.262 e. The van der Waals surface area contributed by atoms with E-state index in [1.165, 1.54) is 5.56 Å². The molecule has 0 unspecified atom stereocenters. The summed E-state index contributed by atoms with van der Waals surface area (Å²) < 4.78 is 11.5. The molecule has 1 heterocycles. The first-order valence-electron chi connectivity index (χ1n) is 9.57. The largest absolute Gasteiger partial charge is 0.484 e. The molecule has 6 heteroatoms. The van der Waals surface area contributed by atoms with Crippen LogP contribution in [0.5, 0.6) is 5.75 Å². The van der Waals surface area contributed by atoms with Gasteiger partial charge in [-0.15, -0.1) is 0 Å². The number of hydrogen-bond donors (Lipinski definition) is 1. The fraction of sp³-hybridized carbons (Fsp3) is 0.167. The van der Waals surface area contributed by atoms with Gasteiger partial charge in [0.1, 0.15) is 11.3 Å². The zero-order valence-electron chi connectivity index (χ0n) is 17.0. The van der Waals surface area contributed by atoms with Crippen molar-refractivity contribution >= 4 is 34.3 Å². The maximum Gasteiger partial charge on any atom is 0.262 e. The number of oxazole rings is 1. The van der Waals surface area contributed by atoms with Gasteiger partial charge < -0.3 is 14.5 Å². The molecule has 152 valence electrons. The summed E-state index contributed by atoms with van der Waals surface area (Å²) in [5.74, 6) is 0.911. The lowest BCUT2D eigenvalue weighted by molar-refractivity contribution is -0.118. The summed E-state index contributed by atoms with van der Waals surface area (Å²) in [6, 6.07) is 16.7. The van der Waals surface area contributed by atoms with Crippen molar-refractivity contribution in [2.45, 2.75) is 20.8 Å². The Morgan fingerprint density at radius 3 is 2.70 bits per heavy atom. The fourth-order valence-electron chi connectivity index (χ4n) is 3.16. The van der Waals surface area contributed by atoms with E-state index in [0.29, 0.717) is 33.4 Å². The molecule has 0 atom stereocenters. The Hall–Kier alpha value is -3.31. The van der Waals surface area contributed by atoms with E-state index in [2.05, 4.69) is 10.3 Å². The zero-order chi connectivity index (χ0) is 21.3. The van der Waals surface area contributed by atoms with Crippen LogP contribution in [-0.4, -0.2) is 17.5 Å². The van der Waals surface area contributed by atoms with Crippen molar-refractivity contribution < 1.29 is 13.9 Å². The van der Waals surface area contributed by atoms with Gasteiger partial charge >= 0.3 is 0 Å². The average molecular weight is 421 g/mol. The van der Waals surface area contributed by atoms with Crippen LogP contribution in [0.3, 0.4) is 0 Å². The molecule has 3 aromatic carbocycles. The predicted molar refractivity (Wildman–Crippen MR) is 119 cm³/mol. The topological polar surface area (TPSA) is 64.4 Å². The Morgan fingerprint density at radius 1 is 1.07 bits per heavy atom. The summed E-state index contributed by atoms with van der Waals surface area (Å²) in [6.45, 7) is 5.88. The first-order valence-corrected chi connectivity index (χ1v) is 9.94. The molecule has 0 aliphatic heterocycles. The lowest BCUT2D eigenvalue weighted by Crippen LogP contribution is -2.20. The molecule has 0 spiro atoms. The van der Waals surface area contributed by atoms with Crippen LogP contribution < -0.4 is 10.1 Å². The molecule has 1 aromatic heterocycles. The molecule has 0 aliphatic carbocycles. The second kappa shape index (κ2) is 8.20. The van der Waals surface area contributed by atoms with Gasteiger partial charge in [-0.1, -0.05) is 23.7 Å². The Morgan fingerprint density at radius 2 is 1.90 bits per heavy atom. The fourth-order valence-corrected chi connectivity index (χ4v) is 3.32. The summed E-state index contributed by atoms with van der Waals surface area (Å²) in [7, 11) is 0. The highest BCUT2D eigenvalue weighted by Crippen LogP contribution is 2.31. The molecule has 0 fully saturated rings. The molecule has 1 amide bonds. The van der Waals surface area contributed by atoms with Crippen molar-refractivity contribution in [3.8, 4) is 17.2 Å². The minimum Gasteiger partial charge on any atom is -0.484 e. The second-order valence-electron chi connectivity index (χ2n) is 7.19. The van der Waals surface area contributed by atoms with Gasteiger partial charge in [-0.25, -0.2) is 4.98 Å². The molecule has 1 N–H and O–H groups in total. The number of aromatic nitrogens is 1. The Kier molecular flexibility index (Phi) is 5.46. The van der Waals surface area contributed by atoms with Crippen LogP contribution in [0.2, 0.25) is 5.02 Å². The van der Waals surface area contributed by atoms with E-state index in [1.54, 1.807) is 18.2 Å². The van der Waals surface area contributed by atoms with Crippen molar-refractivity contribution in [1.82, 2.24) is 4.98 Å². The van der Waals surface area contributed by atoms with Crippen molar-refractivity contribution in [3.05, 3.63) is 76.3 Å². The number of carbonyl (C=O) groups is 1. The minimum absolute atomic E-state index is 0.0758. The van der Waals surface area contributed by atoms with Crippen molar-refractivity contribution in [3.63, 3.8) is 0 Å². The Balaban J connectivity index is 1.50. The number of halogens is 1. The predicted octanol–water partition coefficient (Wildman–Crippen LogP) is 6.09. The summed E-state index contributed by atoms with van der Waals surface area (Å²) in [6.07, 6.45) is 0. The van der Waals surface area contributed by atoms with Crippen LogP contribution in [0.4, 0.5) is 5.69 Å². The van der Waals surface area contributed by atoms with Gasteiger partial charge in [0.25, 0.3) is 5.91 Å². The van der Waals surface area contributed by atoms with E-state index in [4.69, 9.17) is 20.8 Å². The summed E-state index contributed by atoms with van der Waals surface area (Å²) in [5.41, 5.74) is 5.99. The number of benzene rings is 3. The van der Waals surface area contributed by atoms with E-state index in [9.17, 15) is 4.79 Å². The van der Waals surface area contributed by atoms with Gasteiger partial charge in [0, 0.05) is 16.3 Å². The number of hydrogen-bond acceptors (Lipinski definition) is 4. The van der Waals surface area contributed by atoms with Crippen LogP contribution in [0.15, 0.2) is 59.0 Å². The molecule has 0 saturated heterocycles. The second-order valence-corrected chi connectivity index (χ2v) is 7.63. The van der Waals surface area contributed by atoms with Gasteiger partial charge in [0.15, 0.2) is 12.2 Å².